The van der Waals surface area contributed by atoms with Crippen LogP contribution in [0.3, 0.4) is 0 Å². The largest absolute Gasteiger partial charge is 0.497 e. The van der Waals surface area contributed by atoms with Crippen molar-refractivity contribution in [3.63, 3.8) is 0 Å². The summed E-state index contributed by atoms with van der Waals surface area (Å²) in [6.45, 7) is 2.01. The summed E-state index contributed by atoms with van der Waals surface area (Å²) >= 11 is 0. The van der Waals surface area contributed by atoms with Crippen LogP contribution in [0.2, 0.25) is 0 Å². The molecule has 0 saturated heterocycles. The van der Waals surface area contributed by atoms with Crippen molar-refractivity contribution in [1.82, 2.24) is 19.7 Å². The molecule has 3 heterocycles. The fourth-order valence-electron chi connectivity index (χ4n) is 3.41. The Labute approximate surface area is 190 Å². The Morgan fingerprint density at radius 3 is 2.70 bits per heavy atom. The third-order valence-corrected chi connectivity index (χ3v) is 5.04. The van der Waals surface area contributed by atoms with Gasteiger partial charge in [-0.3, -0.25) is 14.6 Å². The molecule has 4 aromatic rings. The number of hydrogen-bond acceptors (Lipinski definition) is 6. The lowest BCUT2D eigenvalue weighted by atomic mass is 10.1. The highest BCUT2D eigenvalue weighted by atomic mass is 16.5. The number of aromatic nitrogens is 4. The maximum atomic E-state index is 12.7. The van der Waals surface area contributed by atoms with Crippen LogP contribution >= 0.6 is 0 Å². The molecule has 9 heteroatoms. The minimum absolute atomic E-state index is 0.190. The minimum Gasteiger partial charge on any atom is -0.497 e. The van der Waals surface area contributed by atoms with Crippen molar-refractivity contribution in [3.8, 4) is 23.2 Å². The van der Waals surface area contributed by atoms with E-state index in [9.17, 15) is 9.59 Å². The summed E-state index contributed by atoms with van der Waals surface area (Å²) in [6, 6.07) is 14.3. The van der Waals surface area contributed by atoms with Crippen molar-refractivity contribution in [2.24, 2.45) is 0 Å². The number of carbonyl (C=O) groups is 1. The van der Waals surface area contributed by atoms with Gasteiger partial charge < -0.3 is 14.5 Å². The lowest BCUT2D eigenvalue weighted by molar-refractivity contribution is -0.116. The lowest BCUT2D eigenvalue weighted by Crippen LogP contribution is -2.19. The van der Waals surface area contributed by atoms with Crippen LogP contribution < -0.4 is 15.6 Å². The maximum Gasteiger partial charge on any atom is 0.252 e. The van der Waals surface area contributed by atoms with E-state index in [0.29, 0.717) is 35.8 Å². The first-order valence-electron chi connectivity index (χ1n) is 10.7. The Morgan fingerprint density at radius 1 is 1.18 bits per heavy atom. The zero-order chi connectivity index (χ0) is 23.2. The van der Waals surface area contributed by atoms with Crippen molar-refractivity contribution in [1.29, 1.82) is 0 Å². The molecule has 2 N–H and O–H groups in total. The van der Waals surface area contributed by atoms with Gasteiger partial charge in [-0.15, -0.1) is 0 Å². The van der Waals surface area contributed by atoms with Crippen molar-refractivity contribution < 1.29 is 13.9 Å². The van der Waals surface area contributed by atoms with E-state index in [4.69, 9.17) is 9.15 Å². The zero-order valence-corrected chi connectivity index (χ0v) is 18.5. The van der Waals surface area contributed by atoms with Gasteiger partial charge in [0.1, 0.15) is 17.3 Å². The van der Waals surface area contributed by atoms with Crippen LogP contribution in [0.25, 0.3) is 17.4 Å². The molecule has 9 nitrogen and oxygen atoms in total. The van der Waals surface area contributed by atoms with Gasteiger partial charge in [0.25, 0.3) is 5.56 Å². The molecule has 1 aromatic carbocycles. The standard InChI is InChI=1S/C24H25N5O4/c1-3-5-17-14-23(31)27-24(25-17)29-21(15-19(28-29)20-6-4-13-33-20)26-22(30)12-9-16-7-10-18(32-2)11-8-16/h4,6-8,10-11,13-15H,3,5,9,12H2,1-2H3,(H,26,30)(H,25,27,31). The highest BCUT2D eigenvalue weighted by molar-refractivity contribution is 5.90. The van der Waals surface area contributed by atoms with Gasteiger partial charge in [-0.05, 0) is 42.7 Å². The normalized spacial score (nSPS) is 10.8. The van der Waals surface area contributed by atoms with Gasteiger partial charge in [-0.2, -0.15) is 9.78 Å². The van der Waals surface area contributed by atoms with Crippen LogP contribution in [0.1, 0.15) is 31.0 Å². The van der Waals surface area contributed by atoms with E-state index in [0.717, 1.165) is 17.7 Å². The van der Waals surface area contributed by atoms with E-state index in [1.807, 2.05) is 31.2 Å². The van der Waals surface area contributed by atoms with Gasteiger partial charge in [-0.25, -0.2) is 4.98 Å². The smallest absolute Gasteiger partial charge is 0.252 e. The third kappa shape index (κ3) is 5.38. The van der Waals surface area contributed by atoms with Crippen molar-refractivity contribution >= 4 is 11.7 Å². The fourth-order valence-corrected chi connectivity index (χ4v) is 3.41. The molecule has 0 atom stereocenters. The molecule has 0 fully saturated rings. The molecular formula is C24H25N5O4. The predicted octanol–water partition coefficient (Wildman–Crippen LogP) is 3.75. The summed E-state index contributed by atoms with van der Waals surface area (Å²) in [5.74, 6) is 1.73. The molecule has 170 valence electrons. The number of amides is 1. The van der Waals surface area contributed by atoms with E-state index in [2.05, 4.69) is 20.4 Å². The average Bonchev–Trinajstić information content (AvgIpc) is 3.48. The van der Waals surface area contributed by atoms with Crippen molar-refractivity contribution in [2.45, 2.75) is 32.6 Å². The number of rotatable bonds is 9. The number of nitrogens with one attached hydrogen (secondary N) is 2. The van der Waals surface area contributed by atoms with Crippen LogP contribution in [0.15, 0.2) is 64.0 Å². The van der Waals surface area contributed by atoms with E-state index in [1.165, 1.54) is 10.7 Å². The summed E-state index contributed by atoms with van der Waals surface area (Å²) in [4.78, 5) is 32.1. The summed E-state index contributed by atoms with van der Waals surface area (Å²) < 4.78 is 12.0. The second-order valence-corrected chi connectivity index (χ2v) is 7.51. The minimum atomic E-state index is -0.282. The fraction of sp³-hybridized carbons (Fsp3) is 0.250. The SMILES string of the molecule is CCCc1cc(=O)[nH]c(-n2nc(-c3ccco3)cc2NC(=O)CCc2ccc(OC)cc2)n1. The van der Waals surface area contributed by atoms with Gasteiger partial charge in [0.15, 0.2) is 5.76 Å². The number of aromatic amines is 1. The van der Waals surface area contributed by atoms with E-state index >= 15 is 0 Å². The summed E-state index contributed by atoms with van der Waals surface area (Å²) in [7, 11) is 1.61. The second kappa shape index (κ2) is 9.99. The van der Waals surface area contributed by atoms with Gasteiger partial charge in [0, 0.05) is 24.2 Å². The number of hydrogen-bond donors (Lipinski definition) is 2. The lowest BCUT2D eigenvalue weighted by Gasteiger charge is -2.09. The first-order chi connectivity index (χ1) is 16.1. The quantitative estimate of drug-likeness (QED) is 0.404. The average molecular weight is 447 g/mol. The molecule has 0 spiro atoms. The van der Waals surface area contributed by atoms with Crippen LogP contribution in [-0.4, -0.2) is 32.8 Å². The molecule has 0 aliphatic rings. The highest BCUT2D eigenvalue weighted by Gasteiger charge is 2.17. The van der Waals surface area contributed by atoms with Crippen LogP contribution in [-0.2, 0) is 17.6 Å². The van der Waals surface area contributed by atoms with Crippen LogP contribution in [0.5, 0.6) is 5.75 Å². The molecule has 0 aliphatic carbocycles. The molecule has 1 amide bonds. The maximum absolute atomic E-state index is 12.7. The number of ether oxygens (including phenoxy) is 1. The third-order valence-electron chi connectivity index (χ3n) is 5.04. The Kier molecular flexibility index (Phi) is 6.68. The monoisotopic (exact) mass is 447 g/mol. The van der Waals surface area contributed by atoms with Crippen LogP contribution in [0.4, 0.5) is 5.82 Å². The Morgan fingerprint density at radius 2 is 2.00 bits per heavy atom. The second-order valence-electron chi connectivity index (χ2n) is 7.51. The number of carbonyl (C=O) groups excluding carboxylic acids is 1. The van der Waals surface area contributed by atoms with E-state index < -0.39 is 0 Å². The molecular weight excluding hydrogens is 422 g/mol. The van der Waals surface area contributed by atoms with Gasteiger partial charge in [0.05, 0.1) is 13.4 Å². The molecule has 4 rings (SSSR count). The van der Waals surface area contributed by atoms with Gasteiger partial charge in [-0.1, -0.05) is 25.5 Å². The number of methoxy groups -OCH3 is 1. The van der Waals surface area contributed by atoms with E-state index in [1.54, 1.807) is 31.6 Å². The number of nitrogens with zero attached hydrogens (tertiary/aromatic N) is 3. The number of H-pyrrole nitrogens is 1. The molecule has 0 saturated carbocycles. The predicted molar refractivity (Wildman–Crippen MR) is 124 cm³/mol. The molecule has 0 aliphatic heterocycles. The number of anilines is 1. The number of furan rings is 1. The summed E-state index contributed by atoms with van der Waals surface area (Å²) in [5.41, 5.74) is 1.90. The van der Waals surface area contributed by atoms with Crippen molar-refractivity contribution in [2.75, 3.05) is 12.4 Å². The first-order valence-corrected chi connectivity index (χ1v) is 10.7. The van der Waals surface area contributed by atoms with Gasteiger partial charge >= 0.3 is 0 Å². The Bertz CT molecular complexity index is 1270. The molecule has 0 bridgehead atoms. The van der Waals surface area contributed by atoms with Crippen LogP contribution in [0, 0.1) is 0 Å². The zero-order valence-electron chi connectivity index (χ0n) is 18.5. The molecule has 33 heavy (non-hydrogen) atoms. The first kappa shape index (κ1) is 22.1. The highest BCUT2D eigenvalue weighted by Crippen LogP contribution is 2.24. The number of aryl methyl sites for hydroxylation is 2. The van der Waals surface area contributed by atoms with Crippen molar-refractivity contribution in [3.05, 3.63) is 76.4 Å². The summed E-state index contributed by atoms with van der Waals surface area (Å²) in [5, 5.41) is 7.41. The summed E-state index contributed by atoms with van der Waals surface area (Å²) in [6.07, 6.45) is 3.89. The topological polar surface area (TPSA) is 115 Å². The molecule has 3 aromatic heterocycles. The number of benzene rings is 1. The molecule has 0 unspecified atom stereocenters. The molecule has 0 radical (unpaired) electrons. The van der Waals surface area contributed by atoms with Gasteiger partial charge in [0.2, 0.25) is 11.9 Å². The Hall–Kier alpha value is -4.14. The Balaban J connectivity index is 1.58. The van der Waals surface area contributed by atoms with E-state index in [-0.39, 0.29) is 23.8 Å².